The Bertz CT molecular complexity index is 1040. The molecule has 0 aliphatic carbocycles. The first-order valence-corrected chi connectivity index (χ1v) is 8.85. The lowest BCUT2D eigenvalue weighted by Gasteiger charge is -2.26. The Morgan fingerprint density at radius 3 is 2.69 bits per heavy atom. The van der Waals surface area contributed by atoms with Gasteiger partial charge in [-0.3, -0.25) is 14.1 Å². The Balaban J connectivity index is 1.50. The van der Waals surface area contributed by atoms with Crippen molar-refractivity contribution in [1.82, 2.24) is 14.3 Å². The van der Waals surface area contributed by atoms with Crippen LogP contribution in [0.3, 0.4) is 0 Å². The number of aromatic nitrogens is 2. The van der Waals surface area contributed by atoms with Crippen molar-refractivity contribution in [3.63, 3.8) is 0 Å². The number of phenolic OH excluding ortho intramolecular Hbond substituents is 1. The Morgan fingerprint density at radius 1 is 1.15 bits per heavy atom. The summed E-state index contributed by atoms with van der Waals surface area (Å²) in [7, 11) is 0. The van der Waals surface area contributed by atoms with Crippen LogP contribution in [0.4, 0.5) is 0 Å². The number of phenols is 1. The maximum Gasteiger partial charge on any atom is 0.258 e. The van der Waals surface area contributed by atoms with Crippen LogP contribution in [-0.2, 0) is 6.54 Å². The van der Waals surface area contributed by atoms with Crippen molar-refractivity contribution in [2.45, 2.75) is 13.0 Å². The number of nitrogens with zero attached hydrogens (tertiary/aromatic N) is 3. The van der Waals surface area contributed by atoms with Gasteiger partial charge in [0.25, 0.3) is 5.56 Å². The van der Waals surface area contributed by atoms with Crippen LogP contribution in [0.25, 0.3) is 11.2 Å². The first kappa shape index (κ1) is 16.8. The maximum atomic E-state index is 12.3. The van der Waals surface area contributed by atoms with Gasteiger partial charge < -0.3 is 5.11 Å². The molecule has 1 aliphatic rings. The Morgan fingerprint density at radius 2 is 1.96 bits per heavy atom. The van der Waals surface area contributed by atoms with Gasteiger partial charge in [0.2, 0.25) is 0 Å². The van der Waals surface area contributed by atoms with Crippen molar-refractivity contribution >= 4 is 22.8 Å². The number of hydrogen-bond donors (Lipinski definition) is 1. The predicted octanol–water partition coefficient (Wildman–Crippen LogP) is 3.34. The van der Waals surface area contributed by atoms with Gasteiger partial charge in [-0.1, -0.05) is 29.8 Å². The lowest BCUT2D eigenvalue weighted by Crippen LogP contribution is -2.29. The number of aromatic hydroxyl groups is 1. The molecule has 5 nitrogen and oxygen atoms in total. The molecule has 0 saturated heterocycles. The normalized spacial score (nSPS) is 15.2. The molecule has 132 valence electrons. The third-order valence-corrected chi connectivity index (χ3v) is 4.82. The van der Waals surface area contributed by atoms with E-state index in [0.29, 0.717) is 17.2 Å². The fourth-order valence-corrected chi connectivity index (χ4v) is 3.39. The zero-order chi connectivity index (χ0) is 18.1. The second kappa shape index (κ2) is 6.94. The van der Waals surface area contributed by atoms with Gasteiger partial charge in [-0.2, -0.15) is 0 Å². The largest absolute Gasteiger partial charge is 0.508 e. The fraction of sp³-hybridized carbons (Fsp3) is 0.200. The molecule has 0 unspecified atom stereocenters. The minimum atomic E-state index is -0.121. The van der Waals surface area contributed by atoms with Crippen LogP contribution in [0, 0.1) is 0 Å². The van der Waals surface area contributed by atoms with Crippen LogP contribution in [-0.4, -0.2) is 32.5 Å². The number of hydrogen-bond acceptors (Lipinski definition) is 4. The van der Waals surface area contributed by atoms with Crippen LogP contribution in [0.5, 0.6) is 5.75 Å². The van der Waals surface area contributed by atoms with E-state index in [1.54, 1.807) is 36.5 Å². The van der Waals surface area contributed by atoms with Crippen molar-refractivity contribution in [3.05, 3.63) is 81.4 Å². The molecule has 0 atom stereocenters. The molecule has 2 aromatic heterocycles. The van der Waals surface area contributed by atoms with Crippen LogP contribution in [0.1, 0.15) is 17.7 Å². The lowest BCUT2D eigenvalue weighted by atomic mass is 9.99. The van der Waals surface area contributed by atoms with Gasteiger partial charge in [-0.25, -0.2) is 4.98 Å². The van der Waals surface area contributed by atoms with E-state index in [1.807, 2.05) is 12.1 Å². The van der Waals surface area contributed by atoms with E-state index in [9.17, 15) is 9.90 Å². The average Bonchev–Trinajstić information content (AvgIpc) is 2.64. The molecular formula is C20H18ClN3O2. The van der Waals surface area contributed by atoms with Gasteiger partial charge in [-0.05, 0) is 41.8 Å². The first-order valence-electron chi connectivity index (χ1n) is 8.47. The molecular weight excluding hydrogens is 350 g/mol. The van der Waals surface area contributed by atoms with E-state index in [-0.39, 0.29) is 11.3 Å². The van der Waals surface area contributed by atoms with Crippen molar-refractivity contribution < 1.29 is 5.11 Å². The molecule has 0 bridgehead atoms. The number of rotatable bonds is 3. The average molecular weight is 368 g/mol. The Hall–Kier alpha value is -2.63. The van der Waals surface area contributed by atoms with E-state index in [0.717, 1.165) is 30.8 Å². The Kier molecular flexibility index (Phi) is 4.49. The van der Waals surface area contributed by atoms with E-state index < -0.39 is 0 Å². The molecule has 3 heterocycles. The SMILES string of the molecule is O=c1cc(CN2CC=C(c3ccc(O)cc3)CC2)nc2ccc(Cl)cn12. The summed E-state index contributed by atoms with van der Waals surface area (Å²) >= 11 is 5.94. The smallest absolute Gasteiger partial charge is 0.258 e. The van der Waals surface area contributed by atoms with Crippen molar-refractivity contribution in [3.8, 4) is 5.75 Å². The van der Waals surface area contributed by atoms with Gasteiger partial charge in [-0.15, -0.1) is 0 Å². The van der Waals surface area contributed by atoms with E-state index >= 15 is 0 Å². The van der Waals surface area contributed by atoms with E-state index in [4.69, 9.17) is 11.6 Å². The van der Waals surface area contributed by atoms with Gasteiger partial charge in [0.1, 0.15) is 11.4 Å². The topological polar surface area (TPSA) is 57.8 Å². The van der Waals surface area contributed by atoms with Gasteiger partial charge in [0.15, 0.2) is 0 Å². The molecule has 0 radical (unpaired) electrons. The van der Waals surface area contributed by atoms with E-state index in [1.165, 1.54) is 9.97 Å². The lowest BCUT2D eigenvalue weighted by molar-refractivity contribution is 0.290. The fourth-order valence-electron chi connectivity index (χ4n) is 3.23. The molecule has 1 aromatic carbocycles. The molecule has 0 fully saturated rings. The highest BCUT2D eigenvalue weighted by molar-refractivity contribution is 6.30. The first-order chi connectivity index (χ1) is 12.6. The summed E-state index contributed by atoms with van der Waals surface area (Å²) in [5.41, 5.74) is 3.67. The van der Waals surface area contributed by atoms with Gasteiger partial charge in [0, 0.05) is 31.9 Å². The maximum absolute atomic E-state index is 12.3. The van der Waals surface area contributed by atoms with Gasteiger partial charge >= 0.3 is 0 Å². The third kappa shape index (κ3) is 3.49. The minimum Gasteiger partial charge on any atom is -0.508 e. The van der Waals surface area contributed by atoms with Crippen molar-refractivity contribution in [2.24, 2.45) is 0 Å². The van der Waals surface area contributed by atoms with Gasteiger partial charge in [0.05, 0.1) is 10.7 Å². The summed E-state index contributed by atoms with van der Waals surface area (Å²) < 4.78 is 1.46. The summed E-state index contributed by atoms with van der Waals surface area (Å²) in [5.74, 6) is 0.279. The second-order valence-electron chi connectivity index (χ2n) is 6.42. The zero-order valence-corrected chi connectivity index (χ0v) is 14.9. The highest BCUT2D eigenvalue weighted by Gasteiger charge is 2.14. The van der Waals surface area contributed by atoms with Crippen LogP contribution in [0.2, 0.25) is 5.02 Å². The zero-order valence-electron chi connectivity index (χ0n) is 14.1. The summed E-state index contributed by atoms with van der Waals surface area (Å²) in [6, 6.07) is 12.4. The highest BCUT2D eigenvalue weighted by Crippen LogP contribution is 2.24. The molecule has 6 heteroatoms. The third-order valence-electron chi connectivity index (χ3n) is 4.59. The number of fused-ring (bicyclic) bond motifs is 1. The monoisotopic (exact) mass is 367 g/mol. The summed E-state index contributed by atoms with van der Waals surface area (Å²) in [5, 5.41) is 9.92. The molecule has 4 rings (SSSR count). The quantitative estimate of drug-likeness (QED) is 0.771. The van der Waals surface area contributed by atoms with E-state index in [2.05, 4.69) is 16.0 Å². The molecule has 0 amide bonds. The molecule has 0 spiro atoms. The summed E-state index contributed by atoms with van der Waals surface area (Å²) in [4.78, 5) is 19.1. The number of halogens is 1. The summed E-state index contributed by atoms with van der Waals surface area (Å²) in [6.07, 6.45) is 4.71. The van der Waals surface area contributed by atoms with Crippen molar-refractivity contribution in [2.75, 3.05) is 13.1 Å². The number of benzene rings is 1. The number of pyridine rings is 1. The Labute approximate surface area is 155 Å². The second-order valence-corrected chi connectivity index (χ2v) is 6.86. The molecule has 0 saturated carbocycles. The molecule has 1 aliphatic heterocycles. The van der Waals surface area contributed by atoms with Crippen LogP contribution >= 0.6 is 11.6 Å². The predicted molar refractivity (Wildman–Crippen MR) is 102 cm³/mol. The highest BCUT2D eigenvalue weighted by atomic mass is 35.5. The minimum absolute atomic E-state index is 0.121. The molecule has 26 heavy (non-hydrogen) atoms. The standard InChI is InChI=1S/C20H18ClN3O2/c21-16-3-6-19-22-17(11-20(26)24(19)12-16)13-23-9-7-15(8-10-23)14-1-4-18(25)5-2-14/h1-7,11-12,25H,8-10,13H2. The van der Waals surface area contributed by atoms with Crippen LogP contribution in [0.15, 0.2) is 59.5 Å². The van der Waals surface area contributed by atoms with Crippen LogP contribution < -0.4 is 5.56 Å². The summed E-state index contributed by atoms with van der Waals surface area (Å²) in [6.45, 7) is 2.33. The molecule has 3 aromatic rings. The molecule has 1 N–H and O–H groups in total. The van der Waals surface area contributed by atoms with Crippen molar-refractivity contribution in [1.29, 1.82) is 0 Å².